The predicted molar refractivity (Wildman–Crippen MR) is 116 cm³/mol. The van der Waals surface area contributed by atoms with Crippen LogP contribution in [0.3, 0.4) is 0 Å². The number of carbonyl (C=O) groups excluding carboxylic acids is 1. The predicted octanol–water partition coefficient (Wildman–Crippen LogP) is 3.34. The van der Waals surface area contributed by atoms with Gasteiger partial charge in [0, 0.05) is 16.7 Å². The van der Waals surface area contributed by atoms with Gasteiger partial charge in [0.2, 0.25) is 0 Å². The number of hydrogen-bond donors (Lipinski definition) is 0. The number of ether oxygens (including phenoxy) is 2. The summed E-state index contributed by atoms with van der Waals surface area (Å²) < 4.78 is 37.7. The molecule has 0 N–H and O–H groups in total. The number of methoxy groups -OCH3 is 2. The molecule has 0 aromatic heterocycles. The Balaban J connectivity index is 1.75. The second-order valence-corrected chi connectivity index (χ2v) is 8.60. The number of fused-ring (bicyclic) bond motifs is 1. The molecule has 0 spiro atoms. The van der Waals surface area contributed by atoms with E-state index in [1.54, 1.807) is 30.3 Å². The fraction of sp³-hybridized carbons (Fsp3) is 0.130. The molecule has 1 heterocycles. The zero-order chi connectivity index (χ0) is 22.0. The highest BCUT2D eigenvalue weighted by Crippen LogP contribution is 2.30. The lowest BCUT2D eigenvalue weighted by Crippen LogP contribution is -2.37. The van der Waals surface area contributed by atoms with Crippen molar-refractivity contribution in [1.82, 2.24) is 4.41 Å². The summed E-state index contributed by atoms with van der Waals surface area (Å²) in [6, 6.07) is 20.6. The maximum atomic E-state index is 13.2. The Labute approximate surface area is 180 Å². The lowest BCUT2D eigenvalue weighted by Gasteiger charge is -2.26. The molecule has 0 atom stereocenters. The second-order valence-electron chi connectivity index (χ2n) is 6.79. The third-order valence-corrected chi connectivity index (χ3v) is 6.62. The summed E-state index contributed by atoms with van der Waals surface area (Å²) in [7, 11) is -1.02. The summed E-state index contributed by atoms with van der Waals surface area (Å²) in [5, 5.41) is 4.37. The highest BCUT2D eigenvalue weighted by atomic mass is 32.2. The molecule has 0 fully saturated rings. The quantitative estimate of drug-likeness (QED) is 0.553. The number of hydrogen-bond acceptors (Lipinski definition) is 6. The van der Waals surface area contributed by atoms with E-state index in [0.29, 0.717) is 28.3 Å². The van der Waals surface area contributed by atoms with Crippen molar-refractivity contribution in [3.8, 4) is 11.5 Å². The minimum atomic E-state index is -3.99. The molecule has 4 rings (SSSR count). The number of hydrazone groups is 1. The van der Waals surface area contributed by atoms with Crippen LogP contribution in [0.25, 0.3) is 0 Å². The number of carbonyl (C=O) groups is 1. The van der Waals surface area contributed by atoms with E-state index in [-0.39, 0.29) is 4.90 Å². The van der Waals surface area contributed by atoms with Gasteiger partial charge >= 0.3 is 0 Å². The van der Waals surface area contributed by atoms with Crippen LogP contribution in [-0.4, -0.2) is 45.1 Å². The zero-order valence-corrected chi connectivity index (χ0v) is 17.8. The Morgan fingerprint density at radius 3 is 2.29 bits per heavy atom. The molecule has 7 nitrogen and oxygen atoms in total. The van der Waals surface area contributed by atoms with Crippen molar-refractivity contribution in [2.75, 3.05) is 20.8 Å². The molecule has 0 saturated carbocycles. The first-order chi connectivity index (χ1) is 15.0. The molecular formula is C23H20N2O5S. The summed E-state index contributed by atoms with van der Waals surface area (Å²) in [5.41, 5.74) is 2.05. The van der Waals surface area contributed by atoms with E-state index in [1.165, 1.54) is 26.4 Å². The highest BCUT2D eigenvalue weighted by molar-refractivity contribution is 7.89. The Hall–Kier alpha value is -3.65. The van der Waals surface area contributed by atoms with Crippen LogP contribution < -0.4 is 9.47 Å². The maximum Gasteiger partial charge on any atom is 0.280 e. The van der Waals surface area contributed by atoms with Crippen molar-refractivity contribution in [2.45, 2.75) is 4.90 Å². The average molecular weight is 436 g/mol. The van der Waals surface area contributed by atoms with Gasteiger partial charge in [-0.25, -0.2) is 0 Å². The van der Waals surface area contributed by atoms with Crippen LogP contribution >= 0.6 is 0 Å². The summed E-state index contributed by atoms with van der Waals surface area (Å²) in [4.78, 5) is 13.1. The summed E-state index contributed by atoms with van der Waals surface area (Å²) >= 11 is 0. The van der Waals surface area contributed by atoms with Crippen molar-refractivity contribution in [3.05, 3.63) is 89.5 Å². The Bertz CT molecular complexity index is 1270. The van der Waals surface area contributed by atoms with E-state index in [1.807, 2.05) is 30.3 Å². The van der Waals surface area contributed by atoms with Crippen molar-refractivity contribution in [2.24, 2.45) is 5.10 Å². The SMILES string of the molecule is COc1ccc(C(=O)CN2N=C(c3ccccc3)c3ccccc3S2(=O)=O)cc1OC. The number of benzene rings is 3. The Morgan fingerprint density at radius 1 is 0.903 bits per heavy atom. The molecule has 8 heteroatoms. The lowest BCUT2D eigenvalue weighted by molar-refractivity contribution is 0.0967. The van der Waals surface area contributed by atoms with Crippen LogP contribution in [0, 0.1) is 0 Å². The van der Waals surface area contributed by atoms with Crippen LogP contribution in [-0.2, 0) is 10.0 Å². The third-order valence-electron chi connectivity index (χ3n) is 4.94. The van der Waals surface area contributed by atoms with Crippen LogP contribution in [0.1, 0.15) is 21.5 Å². The minimum Gasteiger partial charge on any atom is -0.493 e. The van der Waals surface area contributed by atoms with Gasteiger partial charge in [-0.15, -0.1) is 0 Å². The van der Waals surface area contributed by atoms with Crippen molar-refractivity contribution >= 4 is 21.5 Å². The molecule has 0 amide bonds. The van der Waals surface area contributed by atoms with E-state index in [4.69, 9.17) is 9.47 Å². The van der Waals surface area contributed by atoms with Gasteiger partial charge in [0.1, 0.15) is 12.3 Å². The molecule has 1 aliphatic rings. The van der Waals surface area contributed by atoms with E-state index < -0.39 is 22.4 Å². The van der Waals surface area contributed by atoms with E-state index in [0.717, 1.165) is 9.98 Å². The number of sulfonamides is 1. The molecule has 0 bridgehead atoms. The van der Waals surface area contributed by atoms with Gasteiger partial charge in [0.05, 0.1) is 19.1 Å². The van der Waals surface area contributed by atoms with Gasteiger partial charge in [-0.3, -0.25) is 4.79 Å². The normalized spacial score (nSPS) is 14.4. The lowest BCUT2D eigenvalue weighted by atomic mass is 10.0. The van der Waals surface area contributed by atoms with Crippen LogP contribution in [0.5, 0.6) is 11.5 Å². The van der Waals surface area contributed by atoms with Crippen molar-refractivity contribution in [1.29, 1.82) is 0 Å². The van der Waals surface area contributed by atoms with Gasteiger partial charge in [-0.2, -0.15) is 17.9 Å². The monoisotopic (exact) mass is 436 g/mol. The molecule has 0 unspecified atom stereocenters. The first-order valence-corrected chi connectivity index (χ1v) is 10.9. The van der Waals surface area contributed by atoms with Crippen molar-refractivity contribution < 1.29 is 22.7 Å². The molecule has 158 valence electrons. The topological polar surface area (TPSA) is 85.3 Å². The summed E-state index contributed by atoms with van der Waals surface area (Å²) in [6.07, 6.45) is 0. The zero-order valence-electron chi connectivity index (χ0n) is 17.0. The number of nitrogens with zero attached hydrogens (tertiary/aromatic N) is 2. The van der Waals surface area contributed by atoms with Gasteiger partial charge < -0.3 is 9.47 Å². The molecule has 31 heavy (non-hydrogen) atoms. The molecule has 1 aliphatic heterocycles. The molecule has 0 saturated heterocycles. The largest absolute Gasteiger partial charge is 0.493 e. The average Bonchev–Trinajstić information content (AvgIpc) is 2.81. The Morgan fingerprint density at radius 2 is 1.58 bits per heavy atom. The number of ketones is 1. The van der Waals surface area contributed by atoms with E-state index in [2.05, 4.69) is 5.10 Å². The molecule has 3 aromatic carbocycles. The van der Waals surface area contributed by atoms with Gasteiger partial charge in [-0.1, -0.05) is 48.5 Å². The summed E-state index contributed by atoms with van der Waals surface area (Å²) in [6.45, 7) is -0.442. The van der Waals surface area contributed by atoms with E-state index >= 15 is 0 Å². The van der Waals surface area contributed by atoms with Crippen LogP contribution in [0.4, 0.5) is 0 Å². The van der Waals surface area contributed by atoms with E-state index in [9.17, 15) is 13.2 Å². The fourth-order valence-corrected chi connectivity index (χ4v) is 4.77. The van der Waals surface area contributed by atoms with Gasteiger partial charge in [-0.05, 0) is 24.3 Å². The van der Waals surface area contributed by atoms with Gasteiger partial charge in [0.25, 0.3) is 10.0 Å². The van der Waals surface area contributed by atoms with Gasteiger partial charge in [0.15, 0.2) is 17.3 Å². The van der Waals surface area contributed by atoms with Crippen molar-refractivity contribution in [3.63, 3.8) is 0 Å². The molecule has 0 aliphatic carbocycles. The standard InChI is InChI=1S/C23H20N2O5S/c1-29-20-13-12-17(14-21(20)30-2)19(26)15-25-24-23(16-8-4-3-5-9-16)18-10-6-7-11-22(18)31(25,27)28/h3-14H,15H2,1-2H3. The second kappa shape index (κ2) is 8.23. The summed E-state index contributed by atoms with van der Waals surface area (Å²) in [5.74, 6) is 0.441. The number of rotatable bonds is 6. The Kier molecular flexibility index (Phi) is 5.48. The first kappa shape index (κ1) is 20.6. The first-order valence-electron chi connectivity index (χ1n) is 9.47. The third kappa shape index (κ3) is 3.77. The number of Topliss-reactive ketones (excluding diaryl/α,β-unsaturated/α-hetero) is 1. The van der Waals surface area contributed by atoms with Crippen LogP contribution in [0.15, 0.2) is 82.8 Å². The molecule has 3 aromatic rings. The van der Waals surface area contributed by atoms with Crippen LogP contribution in [0.2, 0.25) is 0 Å². The smallest absolute Gasteiger partial charge is 0.280 e. The fourth-order valence-electron chi connectivity index (χ4n) is 3.37. The molecule has 0 radical (unpaired) electrons. The minimum absolute atomic E-state index is 0.115. The highest BCUT2D eigenvalue weighted by Gasteiger charge is 2.34. The molecular weight excluding hydrogens is 416 g/mol. The maximum absolute atomic E-state index is 13.2.